The van der Waals surface area contributed by atoms with E-state index >= 15 is 0 Å². The van der Waals surface area contributed by atoms with Crippen LogP contribution in [0.5, 0.6) is 23.0 Å². The molecule has 0 saturated heterocycles. The minimum Gasteiger partial charge on any atom is -0.508 e. The lowest BCUT2D eigenvalue weighted by Gasteiger charge is -2.29. The molecule has 0 aliphatic carbocycles. The number of methoxy groups -OCH3 is 2. The molecule has 0 saturated carbocycles. The van der Waals surface area contributed by atoms with Crippen molar-refractivity contribution in [1.29, 1.82) is 0 Å². The van der Waals surface area contributed by atoms with Crippen LogP contribution in [0.1, 0.15) is 61.8 Å². The summed E-state index contributed by atoms with van der Waals surface area (Å²) in [5, 5.41) is 9.45. The van der Waals surface area contributed by atoms with Crippen LogP contribution in [0.2, 0.25) is 0 Å². The molecular weight excluding hydrogens is 752 g/mol. The van der Waals surface area contributed by atoms with E-state index in [1.807, 2.05) is 66.7 Å². The quantitative estimate of drug-likeness (QED) is 0.100. The lowest BCUT2D eigenvalue weighted by atomic mass is 10.0. The fraction of sp³-hybridized carbons (Fsp3) is 0.364. The Morgan fingerprint density at radius 1 is 0.632 bits per heavy atom. The number of carbonyl (C=O) groups excluding carboxylic acids is 4. The van der Waals surface area contributed by atoms with E-state index in [1.54, 1.807) is 56.1 Å². The number of aromatic hydroxyl groups is 1. The third kappa shape index (κ3) is 13.5. The molecule has 0 bridgehead atoms. The van der Waals surface area contributed by atoms with Gasteiger partial charge in [-0.3, -0.25) is 19.2 Å². The Balaban J connectivity index is 0.000000213. The molecule has 57 heavy (non-hydrogen) atoms. The van der Waals surface area contributed by atoms with E-state index in [4.69, 9.17) is 35.3 Å². The molecule has 2 aliphatic rings. The zero-order chi connectivity index (χ0) is 41.2. The van der Waals surface area contributed by atoms with Gasteiger partial charge in [-0.2, -0.15) is 0 Å². The highest BCUT2D eigenvalue weighted by atomic mass is 35.5. The van der Waals surface area contributed by atoms with Crippen molar-refractivity contribution in [3.63, 3.8) is 0 Å². The van der Waals surface area contributed by atoms with Crippen LogP contribution >= 0.6 is 11.6 Å². The molecule has 2 heterocycles. The van der Waals surface area contributed by atoms with Crippen molar-refractivity contribution >= 4 is 46.7 Å². The molecule has 6 rings (SSSR count). The Labute approximate surface area is 339 Å². The molecule has 0 spiro atoms. The fourth-order valence-electron chi connectivity index (χ4n) is 6.14. The summed E-state index contributed by atoms with van der Waals surface area (Å²) in [4.78, 5) is 50.5. The number of ether oxygens (including phenoxy) is 5. The maximum atomic E-state index is 12.3. The number of alkyl halides is 1. The van der Waals surface area contributed by atoms with Gasteiger partial charge in [0.15, 0.2) is 0 Å². The summed E-state index contributed by atoms with van der Waals surface area (Å²) >= 11 is 5.58. The second-order valence-electron chi connectivity index (χ2n) is 12.9. The van der Waals surface area contributed by atoms with Gasteiger partial charge in [-0.15, -0.1) is 11.6 Å². The first-order valence-electron chi connectivity index (χ1n) is 18.9. The van der Waals surface area contributed by atoms with Crippen molar-refractivity contribution in [2.24, 2.45) is 0 Å². The summed E-state index contributed by atoms with van der Waals surface area (Å²) < 4.78 is 25.9. The Morgan fingerprint density at radius 2 is 1.09 bits per heavy atom. The number of carbonyl (C=O) groups is 4. The molecule has 12 nitrogen and oxygen atoms in total. The zero-order valence-corrected chi connectivity index (χ0v) is 33.7. The highest BCUT2D eigenvalue weighted by Gasteiger charge is 2.26. The number of fused-ring (bicyclic) bond motifs is 2. The molecule has 2 aliphatic heterocycles. The topological polar surface area (TPSA) is 141 Å². The molecule has 4 aromatic rings. The molecule has 0 aromatic heterocycles. The zero-order valence-electron chi connectivity index (χ0n) is 33.0. The molecule has 2 amide bonds. The van der Waals surface area contributed by atoms with Gasteiger partial charge in [0.2, 0.25) is 11.8 Å². The van der Waals surface area contributed by atoms with E-state index in [-0.39, 0.29) is 42.3 Å². The van der Waals surface area contributed by atoms with Crippen molar-refractivity contribution in [2.75, 3.05) is 50.3 Å². The van der Waals surface area contributed by atoms with Gasteiger partial charge in [-0.05, 0) is 110 Å². The van der Waals surface area contributed by atoms with Gasteiger partial charge in [0.05, 0.1) is 40.3 Å². The van der Waals surface area contributed by atoms with Crippen LogP contribution in [0, 0.1) is 0 Å². The highest BCUT2D eigenvalue weighted by molar-refractivity contribution is 6.17. The summed E-state index contributed by atoms with van der Waals surface area (Å²) in [6.45, 7) is 5.31. The number of halogens is 1. The number of nitrogens with zero attached hydrogens (tertiary/aromatic N) is 2. The van der Waals surface area contributed by atoms with Crippen molar-refractivity contribution in [3.05, 3.63) is 107 Å². The summed E-state index contributed by atoms with van der Waals surface area (Å²) in [5.41, 5.74) is 5.77. The maximum Gasteiger partial charge on any atom is 0.307 e. The first kappa shape index (κ1) is 44.0. The first-order valence-corrected chi connectivity index (χ1v) is 19.4. The van der Waals surface area contributed by atoms with E-state index in [1.165, 1.54) is 0 Å². The monoisotopic (exact) mass is 802 g/mol. The van der Waals surface area contributed by atoms with Crippen LogP contribution in [0.15, 0.2) is 84.9 Å². The smallest absolute Gasteiger partial charge is 0.307 e. The number of rotatable bonds is 14. The second-order valence-corrected chi connectivity index (χ2v) is 13.2. The Bertz CT molecular complexity index is 1910. The standard InChI is InChI=1S/C22H25NO5.C14H17NO4.C8H9ClO/c1-3-27-22(25)12-13-23-20-10-9-19(14-17(20)6-11-21(23)24)28-15-16-4-7-18(26-2)8-5-16;1-2-19-14(18)7-8-15-12-5-4-11(16)9-10(12)3-6-13(15)17;1-10-8-4-2-7(6-9)3-5-8/h4-5,7-10,14H,3,6,11-13,15H2,1-2H3;4-5,9,16H,2-3,6-8H2,1H3;2-5H,6H2,1H3. The average molecular weight is 803 g/mol. The molecule has 4 aromatic carbocycles. The van der Waals surface area contributed by atoms with E-state index in [0.29, 0.717) is 64.5 Å². The number of phenolic OH excluding ortho intramolecular Hbond substituents is 1. The highest BCUT2D eigenvalue weighted by Crippen LogP contribution is 2.32. The molecule has 13 heteroatoms. The number of hydrogen-bond donors (Lipinski definition) is 1. The predicted molar refractivity (Wildman–Crippen MR) is 218 cm³/mol. The summed E-state index contributed by atoms with van der Waals surface area (Å²) in [6, 6.07) is 26.1. The Hall–Kier alpha value is -5.75. The SMILES string of the molecule is CCOC(=O)CCN1C(=O)CCc2cc(O)ccc21.CCOC(=O)CCN1C(=O)CCc2cc(OCc3ccc(OC)cc3)ccc21.COc1ccc(CCl)cc1. The number of benzene rings is 4. The molecule has 304 valence electrons. The number of anilines is 2. The number of amides is 2. The van der Waals surface area contributed by atoms with Gasteiger partial charge in [0.25, 0.3) is 0 Å². The van der Waals surface area contributed by atoms with Gasteiger partial charge in [-0.25, -0.2) is 0 Å². The van der Waals surface area contributed by atoms with E-state index < -0.39 is 0 Å². The molecule has 0 radical (unpaired) electrons. The minimum atomic E-state index is -0.304. The van der Waals surface area contributed by atoms with Gasteiger partial charge in [0, 0.05) is 43.2 Å². The van der Waals surface area contributed by atoms with Crippen LogP contribution in [0.3, 0.4) is 0 Å². The van der Waals surface area contributed by atoms with Gasteiger partial charge in [0.1, 0.15) is 29.6 Å². The lowest BCUT2D eigenvalue weighted by molar-refractivity contribution is -0.143. The van der Waals surface area contributed by atoms with Gasteiger partial charge < -0.3 is 38.6 Å². The first-order chi connectivity index (χ1) is 27.6. The maximum absolute atomic E-state index is 12.3. The van der Waals surface area contributed by atoms with Crippen LogP contribution in [-0.2, 0) is 54.0 Å². The summed E-state index contributed by atoms with van der Waals surface area (Å²) in [7, 11) is 3.29. The van der Waals surface area contributed by atoms with Crippen LogP contribution in [-0.4, -0.2) is 69.4 Å². The van der Waals surface area contributed by atoms with Crippen molar-refractivity contribution in [3.8, 4) is 23.0 Å². The predicted octanol–water partition coefficient (Wildman–Crippen LogP) is 7.57. The largest absolute Gasteiger partial charge is 0.508 e. The molecule has 0 fully saturated rings. The number of hydrogen-bond acceptors (Lipinski definition) is 10. The summed E-state index contributed by atoms with van der Waals surface area (Å²) in [5.74, 6) is 2.63. The van der Waals surface area contributed by atoms with Crippen molar-refractivity contribution in [1.82, 2.24) is 0 Å². The van der Waals surface area contributed by atoms with Crippen molar-refractivity contribution < 1.29 is 48.0 Å². The third-order valence-corrected chi connectivity index (χ3v) is 9.39. The number of phenols is 1. The molecular formula is C44H51ClN2O10. The van der Waals surface area contributed by atoms with E-state index in [0.717, 1.165) is 50.9 Å². The van der Waals surface area contributed by atoms with Crippen molar-refractivity contribution in [2.45, 2.75) is 64.9 Å². The normalized spacial score (nSPS) is 12.8. The third-order valence-electron chi connectivity index (χ3n) is 9.08. The van der Waals surface area contributed by atoms with Gasteiger partial charge in [-0.1, -0.05) is 24.3 Å². The second kappa shape index (κ2) is 22.7. The lowest BCUT2D eigenvalue weighted by Crippen LogP contribution is -2.36. The molecule has 0 atom stereocenters. The van der Waals surface area contributed by atoms with Crippen LogP contribution in [0.4, 0.5) is 11.4 Å². The van der Waals surface area contributed by atoms with Gasteiger partial charge >= 0.3 is 11.9 Å². The number of aryl methyl sites for hydroxylation is 2. The molecule has 1 N–H and O–H groups in total. The van der Waals surface area contributed by atoms with Crippen LogP contribution < -0.4 is 24.0 Å². The Kier molecular flexibility index (Phi) is 17.5. The summed E-state index contributed by atoms with van der Waals surface area (Å²) in [6.07, 6.45) is 2.49. The minimum absolute atomic E-state index is 0.00230. The number of esters is 2. The molecule has 0 unspecified atom stereocenters. The van der Waals surface area contributed by atoms with E-state index in [9.17, 15) is 24.3 Å². The Morgan fingerprint density at radius 3 is 1.56 bits per heavy atom. The fourth-order valence-corrected chi connectivity index (χ4v) is 6.32. The average Bonchev–Trinajstić information content (AvgIpc) is 3.23. The van der Waals surface area contributed by atoms with E-state index in [2.05, 4.69) is 0 Å². The van der Waals surface area contributed by atoms with Crippen LogP contribution in [0.25, 0.3) is 0 Å².